The van der Waals surface area contributed by atoms with Crippen LogP contribution in [0, 0.1) is 11.7 Å². The summed E-state index contributed by atoms with van der Waals surface area (Å²) in [5.41, 5.74) is 1.24. The minimum absolute atomic E-state index is 0.0352. The molecule has 0 aliphatic carbocycles. The maximum Gasteiger partial charge on any atom is 0.256 e. The summed E-state index contributed by atoms with van der Waals surface area (Å²) in [6, 6.07) is 16.0. The monoisotopic (exact) mass is 354 g/mol. The van der Waals surface area contributed by atoms with Crippen LogP contribution in [0.5, 0.6) is 0 Å². The average molecular weight is 354 g/mol. The molecule has 1 aliphatic rings. The number of carbonyl (C=O) groups excluding carboxylic acids is 2. The molecule has 136 valence electrons. The molecular weight excluding hydrogens is 331 g/mol. The van der Waals surface area contributed by atoms with Crippen molar-refractivity contribution in [2.24, 2.45) is 5.92 Å². The van der Waals surface area contributed by atoms with Gasteiger partial charge in [-0.25, -0.2) is 4.39 Å². The average Bonchev–Trinajstić information content (AvgIpc) is 2.69. The molecule has 0 bridgehead atoms. The van der Waals surface area contributed by atoms with E-state index < -0.39 is 5.82 Å². The van der Waals surface area contributed by atoms with Crippen molar-refractivity contribution in [3.63, 3.8) is 0 Å². The van der Waals surface area contributed by atoms with Crippen LogP contribution >= 0.6 is 0 Å². The number of likely N-dealkylation sites (tertiary alicyclic amines) is 1. The Morgan fingerprint density at radius 1 is 1.08 bits per heavy atom. The van der Waals surface area contributed by atoms with Gasteiger partial charge in [0.15, 0.2) is 0 Å². The predicted molar refractivity (Wildman–Crippen MR) is 98.2 cm³/mol. The van der Waals surface area contributed by atoms with Crippen molar-refractivity contribution in [1.29, 1.82) is 0 Å². The third-order valence-corrected chi connectivity index (χ3v) is 4.74. The van der Waals surface area contributed by atoms with Gasteiger partial charge in [-0.1, -0.05) is 42.5 Å². The minimum atomic E-state index is -0.521. The van der Waals surface area contributed by atoms with Crippen molar-refractivity contribution in [2.45, 2.75) is 19.3 Å². The smallest absolute Gasteiger partial charge is 0.256 e. The second-order valence-electron chi connectivity index (χ2n) is 6.60. The molecule has 0 unspecified atom stereocenters. The fourth-order valence-corrected chi connectivity index (χ4v) is 3.30. The Morgan fingerprint density at radius 3 is 2.58 bits per heavy atom. The van der Waals surface area contributed by atoms with Crippen molar-refractivity contribution in [3.8, 4) is 0 Å². The third-order valence-electron chi connectivity index (χ3n) is 4.74. The van der Waals surface area contributed by atoms with Crippen molar-refractivity contribution >= 4 is 11.8 Å². The molecule has 1 saturated heterocycles. The number of nitrogens with one attached hydrogen (secondary N) is 1. The Hall–Kier alpha value is -2.69. The van der Waals surface area contributed by atoms with E-state index >= 15 is 0 Å². The zero-order chi connectivity index (χ0) is 18.4. The molecule has 2 aromatic carbocycles. The van der Waals surface area contributed by atoms with Gasteiger partial charge in [-0.05, 0) is 37.0 Å². The molecule has 1 N–H and O–H groups in total. The van der Waals surface area contributed by atoms with Gasteiger partial charge in [-0.3, -0.25) is 9.59 Å². The fourth-order valence-electron chi connectivity index (χ4n) is 3.30. The molecule has 0 radical (unpaired) electrons. The molecule has 26 heavy (non-hydrogen) atoms. The quantitative estimate of drug-likeness (QED) is 0.897. The van der Waals surface area contributed by atoms with Crippen molar-refractivity contribution < 1.29 is 14.0 Å². The molecule has 1 fully saturated rings. The molecule has 3 rings (SSSR count). The summed E-state index contributed by atoms with van der Waals surface area (Å²) in [7, 11) is 0. The highest BCUT2D eigenvalue weighted by atomic mass is 19.1. The Bertz CT molecular complexity index is 764. The highest BCUT2D eigenvalue weighted by molar-refractivity contribution is 5.95. The van der Waals surface area contributed by atoms with Crippen LogP contribution in [-0.4, -0.2) is 36.3 Å². The summed E-state index contributed by atoms with van der Waals surface area (Å²) >= 11 is 0. The van der Waals surface area contributed by atoms with Crippen LogP contribution in [0.1, 0.15) is 28.8 Å². The van der Waals surface area contributed by atoms with Gasteiger partial charge in [0.2, 0.25) is 5.91 Å². The molecule has 4 nitrogen and oxygen atoms in total. The molecule has 0 aromatic heterocycles. The highest BCUT2D eigenvalue weighted by Crippen LogP contribution is 2.20. The van der Waals surface area contributed by atoms with Crippen molar-refractivity contribution in [3.05, 3.63) is 71.5 Å². The van der Waals surface area contributed by atoms with E-state index in [9.17, 15) is 14.0 Å². The molecular formula is C21H23FN2O2. The van der Waals surface area contributed by atoms with Crippen LogP contribution in [-0.2, 0) is 11.2 Å². The van der Waals surface area contributed by atoms with E-state index in [2.05, 4.69) is 5.32 Å². The molecule has 1 heterocycles. The van der Waals surface area contributed by atoms with Gasteiger partial charge in [0.25, 0.3) is 5.91 Å². The molecule has 1 atom stereocenters. The minimum Gasteiger partial charge on any atom is -0.355 e. The lowest BCUT2D eigenvalue weighted by molar-refractivity contribution is -0.126. The topological polar surface area (TPSA) is 49.4 Å². The summed E-state index contributed by atoms with van der Waals surface area (Å²) in [4.78, 5) is 26.6. The molecule has 2 amide bonds. The molecule has 0 spiro atoms. The number of carbonyl (C=O) groups is 2. The summed E-state index contributed by atoms with van der Waals surface area (Å²) in [5.74, 6) is -1.14. The first-order chi connectivity index (χ1) is 12.6. The number of rotatable bonds is 5. The van der Waals surface area contributed by atoms with E-state index in [1.54, 1.807) is 17.0 Å². The maximum atomic E-state index is 13.9. The van der Waals surface area contributed by atoms with E-state index in [4.69, 9.17) is 0 Å². The lowest BCUT2D eigenvalue weighted by Crippen LogP contribution is -2.46. The van der Waals surface area contributed by atoms with Gasteiger partial charge in [-0.15, -0.1) is 0 Å². The second kappa shape index (κ2) is 8.61. The number of piperidine rings is 1. The van der Waals surface area contributed by atoms with E-state index in [1.165, 1.54) is 17.7 Å². The summed E-state index contributed by atoms with van der Waals surface area (Å²) in [6.45, 7) is 1.46. The third kappa shape index (κ3) is 4.48. The molecule has 0 saturated carbocycles. The van der Waals surface area contributed by atoms with Gasteiger partial charge in [-0.2, -0.15) is 0 Å². The van der Waals surface area contributed by atoms with Crippen molar-refractivity contribution in [2.75, 3.05) is 19.6 Å². The molecule has 5 heteroatoms. The first-order valence-corrected chi connectivity index (χ1v) is 9.00. The van der Waals surface area contributed by atoms with Gasteiger partial charge in [0.05, 0.1) is 11.5 Å². The SMILES string of the molecule is O=C(NCCc1ccccc1)[C@H]1CCCN(C(=O)c2ccccc2F)C1. The lowest BCUT2D eigenvalue weighted by Gasteiger charge is -2.32. The number of halogens is 1. The Balaban J connectivity index is 1.53. The number of hydrogen-bond acceptors (Lipinski definition) is 2. The van der Waals surface area contributed by atoms with Crippen LogP contribution in [0.2, 0.25) is 0 Å². The highest BCUT2D eigenvalue weighted by Gasteiger charge is 2.29. The zero-order valence-corrected chi connectivity index (χ0v) is 14.7. The maximum absolute atomic E-state index is 13.9. The van der Waals surface area contributed by atoms with Crippen LogP contribution in [0.4, 0.5) is 4.39 Å². The van der Waals surface area contributed by atoms with E-state index in [0.29, 0.717) is 19.6 Å². The lowest BCUT2D eigenvalue weighted by atomic mass is 9.96. The van der Waals surface area contributed by atoms with E-state index in [0.717, 1.165) is 19.3 Å². The molecule has 1 aliphatic heterocycles. The number of benzene rings is 2. The number of nitrogens with zero attached hydrogens (tertiary/aromatic N) is 1. The standard InChI is InChI=1S/C21H23FN2O2/c22-19-11-5-4-10-18(19)21(26)24-14-6-9-17(15-24)20(25)23-13-12-16-7-2-1-3-8-16/h1-5,7-8,10-11,17H,6,9,12-15H2,(H,23,25)/t17-/m0/s1. The summed E-state index contributed by atoms with van der Waals surface area (Å²) in [5, 5.41) is 2.96. The Morgan fingerprint density at radius 2 is 1.81 bits per heavy atom. The van der Waals surface area contributed by atoms with Crippen molar-refractivity contribution in [1.82, 2.24) is 10.2 Å². The van der Waals surface area contributed by atoms with Crippen LogP contribution in [0.15, 0.2) is 54.6 Å². The second-order valence-corrected chi connectivity index (χ2v) is 6.60. The summed E-state index contributed by atoms with van der Waals surface area (Å²) < 4.78 is 13.9. The van der Waals surface area contributed by atoms with Gasteiger partial charge in [0.1, 0.15) is 5.82 Å². The van der Waals surface area contributed by atoms with Gasteiger partial charge in [0, 0.05) is 19.6 Å². The fraction of sp³-hybridized carbons (Fsp3) is 0.333. The number of hydrogen-bond donors (Lipinski definition) is 1. The largest absolute Gasteiger partial charge is 0.355 e. The van der Waals surface area contributed by atoms with Gasteiger partial charge >= 0.3 is 0 Å². The van der Waals surface area contributed by atoms with E-state index in [-0.39, 0.29) is 23.3 Å². The van der Waals surface area contributed by atoms with Gasteiger partial charge < -0.3 is 10.2 Å². The number of amides is 2. The summed E-state index contributed by atoms with van der Waals surface area (Å²) in [6.07, 6.45) is 2.27. The first-order valence-electron chi connectivity index (χ1n) is 9.00. The van der Waals surface area contributed by atoms with Crippen LogP contribution in [0.25, 0.3) is 0 Å². The predicted octanol–water partition coefficient (Wildman–Crippen LogP) is 3.04. The normalized spacial score (nSPS) is 17.0. The Labute approximate surface area is 153 Å². The zero-order valence-electron chi connectivity index (χ0n) is 14.7. The van der Waals surface area contributed by atoms with E-state index in [1.807, 2.05) is 30.3 Å². The first kappa shape index (κ1) is 18.1. The Kier molecular flexibility index (Phi) is 6.00. The molecule has 2 aromatic rings. The van der Waals surface area contributed by atoms with Crippen LogP contribution in [0.3, 0.4) is 0 Å². The van der Waals surface area contributed by atoms with Crippen LogP contribution < -0.4 is 5.32 Å².